The number of rotatable bonds is 8. The number of ether oxygens (including phenoxy) is 5. The maximum atomic E-state index is 13.2. The molecule has 0 unspecified atom stereocenters. The molecule has 46 heavy (non-hydrogen) atoms. The van der Waals surface area contributed by atoms with Gasteiger partial charge in [-0.2, -0.15) is 0 Å². The van der Waals surface area contributed by atoms with Gasteiger partial charge in [0.2, 0.25) is 5.78 Å². The summed E-state index contributed by atoms with van der Waals surface area (Å²) in [5.41, 5.74) is 6.85. The van der Waals surface area contributed by atoms with Crippen LogP contribution in [0.4, 0.5) is 0 Å². The molecule has 0 amide bonds. The Morgan fingerprint density at radius 1 is 0.826 bits per heavy atom. The van der Waals surface area contributed by atoms with Gasteiger partial charge in [-0.3, -0.25) is 14.6 Å². The smallest absolute Gasteiger partial charge is 0.220 e. The zero-order valence-electron chi connectivity index (χ0n) is 27.5. The monoisotopic (exact) mass is 622 g/mol. The van der Waals surface area contributed by atoms with Gasteiger partial charge in [-0.25, -0.2) is 0 Å². The highest BCUT2D eigenvalue weighted by molar-refractivity contribution is 6.04. The molecule has 0 aromatic heterocycles. The molecule has 8 nitrogen and oxygen atoms in total. The van der Waals surface area contributed by atoms with Crippen molar-refractivity contribution in [2.45, 2.75) is 43.2 Å². The fourth-order valence-corrected chi connectivity index (χ4v) is 7.95. The molecule has 0 bridgehead atoms. The molecule has 0 saturated carbocycles. The summed E-state index contributed by atoms with van der Waals surface area (Å²) in [6.07, 6.45) is 9.24. The molecule has 3 atom stereocenters. The molecule has 0 N–H and O–H groups in total. The minimum Gasteiger partial charge on any atom is -0.493 e. The summed E-state index contributed by atoms with van der Waals surface area (Å²) in [6.45, 7) is 1.94. The zero-order chi connectivity index (χ0) is 32.2. The van der Waals surface area contributed by atoms with Crippen molar-refractivity contribution in [3.63, 3.8) is 0 Å². The first kappa shape index (κ1) is 30.4. The van der Waals surface area contributed by atoms with E-state index in [9.17, 15) is 4.79 Å². The van der Waals surface area contributed by atoms with E-state index in [1.54, 1.807) is 34.5 Å². The van der Waals surface area contributed by atoms with E-state index in [1.807, 2.05) is 24.3 Å². The number of carbonyl (C=O) groups is 1. The number of allylic oxidation sites excluding steroid dienone is 3. The van der Waals surface area contributed by atoms with E-state index in [0.717, 1.165) is 67.3 Å². The molecule has 2 heterocycles. The van der Waals surface area contributed by atoms with Crippen LogP contribution in [-0.2, 0) is 29.5 Å². The molecular formula is C38H42N2O6. The quantitative estimate of drug-likeness (QED) is 0.314. The van der Waals surface area contributed by atoms with Crippen LogP contribution in [0.3, 0.4) is 0 Å². The molecule has 2 aliphatic carbocycles. The number of carbonyl (C=O) groups excluding carboxylic acids is 1. The van der Waals surface area contributed by atoms with Crippen molar-refractivity contribution in [1.29, 1.82) is 0 Å². The first-order chi connectivity index (χ1) is 22.3. The van der Waals surface area contributed by atoms with E-state index >= 15 is 0 Å². The standard InChI is InChI=1S/C38H42N2O6/c1-39-15-12-24-18-31(42-3)32(43-4)20-27(24)28(39)17-23-7-9-26(10-8-23)46-34-22-38(14-11-30(34)41)21-29-35-25(13-16-40(29)2)19-33(44-5)37(45-6)36(35)38/h7-11,14,18-20,22,28-29H,12-13,15-17,21H2,1-6H3/t28-,29-,38-/m1/s1. The van der Waals surface area contributed by atoms with Gasteiger partial charge in [0.25, 0.3) is 0 Å². The summed E-state index contributed by atoms with van der Waals surface area (Å²) in [4.78, 5) is 18.0. The Labute approximate surface area is 271 Å². The summed E-state index contributed by atoms with van der Waals surface area (Å²) >= 11 is 0. The van der Waals surface area contributed by atoms with Crippen LogP contribution in [0.15, 0.2) is 66.5 Å². The third kappa shape index (κ3) is 4.95. The molecule has 8 heteroatoms. The molecule has 2 aliphatic heterocycles. The number of benzene rings is 3. The zero-order valence-corrected chi connectivity index (χ0v) is 27.5. The van der Waals surface area contributed by atoms with Crippen molar-refractivity contribution in [3.05, 3.63) is 99.8 Å². The van der Waals surface area contributed by atoms with Crippen LogP contribution in [0.25, 0.3) is 0 Å². The van der Waals surface area contributed by atoms with E-state index in [-0.39, 0.29) is 17.9 Å². The molecule has 240 valence electrons. The van der Waals surface area contributed by atoms with Gasteiger partial charge >= 0.3 is 0 Å². The Morgan fingerprint density at radius 3 is 2.22 bits per heavy atom. The predicted octanol–water partition coefficient (Wildman–Crippen LogP) is 5.77. The minimum absolute atomic E-state index is 0.144. The molecule has 1 spiro atoms. The van der Waals surface area contributed by atoms with Gasteiger partial charge < -0.3 is 23.7 Å². The van der Waals surface area contributed by atoms with Crippen molar-refractivity contribution >= 4 is 5.78 Å². The highest BCUT2D eigenvalue weighted by Gasteiger charge is 2.50. The molecule has 0 radical (unpaired) electrons. The number of likely N-dealkylation sites (N-methyl/N-ethyl adjacent to an activating group) is 2. The Balaban J connectivity index is 1.17. The Morgan fingerprint density at radius 2 is 1.50 bits per heavy atom. The maximum Gasteiger partial charge on any atom is 0.220 e. The Kier molecular flexibility index (Phi) is 7.81. The van der Waals surface area contributed by atoms with E-state index in [2.05, 4.69) is 54.2 Å². The average molecular weight is 623 g/mol. The Bertz CT molecular complexity index is 1740. The lowest BCUT2D eigenvalue weighted by atomic mass is 9.77. The SMILES string of the molecule is COc1cc2c(cc1OC)[C@@H](Cc1ccc(OC3=C[C@@]4(C=CC3=O)C[C@@H]3c5c(cc(OC)c(OC)c54)CCN3C)cc1)N(C)CC2. The van der Waals surface area contributed by atoms with Crippen molar-refractivity contribution in [1.82, 2.24) is 9.80 Å². The lowest BCUT2D eigenvalue weighted by Crippen LogP contribution is -2.33. The third-order valence-corrected chi connectivity index (χ3v) is 10.4. The molecule has 4 aliphatic rings. The minimum atomic E-state index is -0.543. The third-order valence-electron chi connectivity index (χ3n) is 10.4. The van der Waals surface area contributed by atoms with Gasteiger partial charge in [0.05, 0.1) is 28.4 Å². The maximum absolute atomic E-state index is 13.2. The van der Waals surface area contributed by atoms with Crippen LogP contribution in [-0.4, -0.2) is 71.2 Å². The second-order valence-electron chi connectivity index (χ2n) is 12.9. The molecule has 3 aromatic carbocycles. The van der Waals surface area contributed by atoms with E-state index in [0.29, 0.717) is 11.5 Å². The fraction of sp³-hybridized carbons (Fsp3) is 0.395. The summed E-state index contributed by atoms with van der Waals surface area (Å²) in [7, 11) is 11.1. The first-order valence-electron chi connectivity index (χ1n) is 16.0. The predicted molar refractivity (Wildman–Crippen MR) is 177 cm³/mol. The molecule has 7 rings (SSSR count). The summed E-state index contributed by atoms with van der Waals surface area (Å²) in [5.74, 6) is 3.78. The number of nitrogens with zero attached hydrogens (tertiary/aromatic N) is 2. The van der Waals surface area contributed by atoms with E-state index in [1.165, 1.54) is 27.8 Å². The van der Waals surface area contributed by atoms with Crippen LogP contribution < -0.4 is 23.7 Å². The highest BCUT2D eigenvalue weighted by atomic mass is 16.5. The van der Waals surface area contributed by atoms with Gasteiger partial charge in [0.1, 0.15) is 5.75 Å². The second kappa shape index (κ2) is 11.8. The lowest BCUT2D eigenvalue weighted by Gasteiger charge is -2.35. The van der Waals surface area contributed by atoms with Crippen molar-refractivity contribution in [2.75, 3.05) is 55.6 Å². The van der Waals surface area contributed by atoms with Gasteiger partial charge in [0, 0.05) is 36.2 Å². The largest absolute Gasteiger partial charge is 0.493 e. The van der Waals surface area contributed by atoms with E-state index in [4.69, 9.17) is 23.7 Å². The number of methoxy groups -OCH3 is 4. The molecule has 0 saturated heterocycles. The van der Waals surface area contributed by atoms with Crippen LogP contribution in [0, 0.1) is 0 Å². The van der Waals surface area contributed by atoms with Crippen LogP contribution in [0.5, 0.6) is 28.7 Å². The Hall–Kier alpha value is -4.27. The molecule has 0 fully saturated rings. The van der Waals surface area contributed by atoms with Crippen LogP contribution in [0.2, 0.25) is 0 Å². The molecular weight excluding hydrogens is 580 g/mol. The fourth-order valence-electron chi connectivity index (χ4n) is 7.95. The van der Waals surface area contributed by atoms with Gasteiger partial charge in [-0.05, 0) is 110 Å². The first-order valence-corrected chi connectivity index (χ1v) is 16.0. The lowest BCUT2D eigenvalue weighted by molar-refractivity contribution is -0.113. The van der Waals surface area contributed by atoms with Crippen molar-refractivity contribution < 1.29 is 28.5 Å². The van der Waals surface area contributed by atoms with Crippen molar-refractivity contribution in [2.24, 2.45) is 0 Å². The summed E-state index contributed by atoms with van der Waals surface area (Å²) in [5, 5.41) is 0. The number of hydrogen-bond donors (Lipinski definition) is 0. The summed E-state index contributed by atoms with van der Waals surface area (Å²) < 4.78 is 29.3. The van der Waals surface area contributed by atoms with E-state index < -0.39 is 5.41 Å². The normalized spacial score (nSPS) is 23.5. The van der Waals surface area contributed by atoms with Gasteiger partial charge in [0.15, 0.2) is 28.8 Å². The van der Waals surface area contributed by atoms with Gasteiger partial charge in [-0.15, -0.1) is 0 Å². The average Bonchev–Trinajstić information content (AvgIpc) is 3.41. The summed E-state index contributed by atoms with van der Waals surface area (Å²) in [6, 6.07) is 14.9. The van der Waals surface area contributed by atoms with Crippen molar-refractivity contribution in [3.8, 4) is 28.7 Å². The number of ketones is 1. The number of hydrogen-bond acceptors (Lipinski definition) is 8. The van der Waals surface area contributed by atoms with Gasteiger partial charge in [-0.1, -0.05) is 18.2 Å². The molecule has 3 aromatic rings. The van der Waals surface area contributed by atoms with Crippen LogP contribution in [0.1, 0.15) is 51.9 Å². The second-order valence-corrected chi connectivity index (χ2v) is 12.9. The topological polar surface area (TPSA) is 69.7 Å². The number of fused-ring (bicyclic) bond motifs is 2. The van der Waals surface area contributed by atoms with Crippen LogP contribution >= 0.6 is 0 Å². The highest BCUT2D eigenvalue weighted by Crippen LogP contribution is 2.58.